The fourth-order valence-electron chi connectivity index (χ4n) is 2.14. The van der Waals surface area contributed by atoms with E-state index in [1.807, 2.05) is 37.3 Å². The third kappa shape index (κ3) is 2.02. The number of rotatable bonds is 3. The Kier molecular flexibility index (Phi) is 2.73. The molecule has 0 spiro atoms. The normalized spacial score (nSPS) is 29.5. The van der Waals surface area contributed by atoms with E-state index in [1.165, 1.54) is 5.56 Å². The third-order valence-electron chi connectivity index (χ3n) is 3.09. The first kappa shape index (κ1) is 10.2. The average Bonchev–Trinajstić information content (AvgIpc) is 2.23. The molecule has 0 radical (unpaired) electrons. The quantitative estimate of drug-likeness (QED) is 0.781. The zero-order valence-electron chi connectivity index (χ0n) is 8.68. The van der Waals surface area contributed by atoms with Gasteiger partial charge in [-0.3, -0.25) is 4.79 Å². The van der Waals surface area contributed by atoms with E-state index in [9.17, 15) is 4.79 Å². The van der Waals surface area contributed by atoms with Crippen LogP contribution in [0.3, 0.4) is 0 Å². The Bertz CT molecular complexity index is 350. The Morgan fingerprint density at radius 2 is 2.07 bits per heavy atom. The zero-order valence-corrected chi connectivity index (χ0v) is 8.68. The summed E-state index contributed by atoms with van der Waals surface area (Å²) in [4.78, 5) is 10.9. The van der Waals surface area contributed by atoms with Crippen LogP contribution in [0.15, 0.2) is 30.3 Å². The van der Waals surface area contributed by atoms with Gasteiger partial charge in [0.25, 0.3) is 0 Å². The zero-order chi connectivity index (χ0) is 10.8. The first-order valence-corrected chi connectivity index (χ1v) is 5.21. The van der Waals surface area contributed by atoms with E-state index in [4.69, 9.17) is 5.11 Å². The number of carboxylic acids is 1. The SMILES string of the molecule is CC1NC(C(=O)O)C1Cc1ccccc1. The largest absolute Gasteiger partial charge is 0.480 e. The summed E-state index contributed by atoms with van der Waals surface area (Å²) in [7, 11) is 0. The predicted octanol–water partition coefficient (Wildman–Crippen LogP) is 1.29. The summed E-state index contributed by atoms with van der Waals surface area (Å²) in [6, 6.07) is 9.96. The van der Waals surface area contributed by atoms with Crippen LogP contribution in [-0.4, -0.2) is 23.2 Å². The number of hydrogen-bond acceptors (Lipinski definition) is 2. The molecule has 1 aromatic carbocycles. The van der Waals surface area contributed by atoms with Gasteiger partial charge in [-0.15, -0.1) is 0 Å². The maximum atomic E-state index is 10.9. The Balaban J connectivity index is 2.02. The number of hydrogen-bond donors (Lipinski definition) is 2. The van der Waals surface area contributed by atoms with Crippen LogP contribution in [0.5, 0.6) is 0 Å². The van der Waals surface area contributed by atoms with Crippen LogP contribution in [-0.2, 0) is 11.2 Å². The molecule has 1 aromatic rings. The van der Waals surface area contributed by atoms with Crippen molar-refractivity contribution in [2.75, 3.05) is 0 Å². The molecule has 0 amide bonds. The van der Waals surface area contributed by atoms with Crippen LogP contribution < -0.4 is 5.32 Å². The summed E-state index contributed by atoms with van der Waals surface area (Å²) >= 11 is 0. The van der Waals surface area contributed by atoms with Gasteiger partial charge in [-0.25, -0.2) is 0 Å². The van der Waals surface area contributed by atoms with E-state index >= 15 is 0 Å². The molecule has 1 heterocycles. The maximum Gasteiger partial charge on any atom is 0.321 e. The molecule has 0 aromatic heterocycles. The summed E-state index contributed by atoms with van der Waals surface area (Å²) < 4.78 is 0. The van der Waals surface area contributed by atoms with E-state index in [0.717, 1.165) is 6.42 Å². The minimum atomic E-state index is -0.742. The van der Waals surface area contributed by atoms with Gasteiger partial charge in [-0.2, -0.15) is 0 Å². The Hall–Kier alpha value is -1.35. The molecule has 0 bridgehead atoms. The Morgan fingerprint density at radius 1 is 1.40 bits per heavy atom. The highest BCUT2D eigenvalue weighted by molar-refractivity contribution is 5.75. The van der Waals surface area contributed by atoms with Crippen molar-refractivity contribution in [2.24, 2.45) is 5.92 Å². The molecule has 80 valence electrons. The van der Waals surface area contributed by atoms with Gasteiger partial charge < -0.3 is 10.4 Å². The minimum absolute atomic E-state index is 0.213. The van der Waals surface area contributed by atoms with E-state index in [2.05, 4.69) is 5.32 Å². The molecule has 3 unspecified atom stereocenters. The van der Waals surface area contributed by atoms with Gasteiger partial charge in [0, 0.05) is 12.0 Å². The van der Waals surface area contributed by atoms with Crippen molar-refractivity contribution in [1.82, 2.24) is 5.32 Å². The number of nitrogens with one attached hydrogen (secondary N) is 1. The number of carbonyl (C=O) groups is 1. The lowest BCUT2D eigenvalue weighted by atomic mass is 9.79. The number of benzene rings is 1. The highest BCUT2D eigenvalue weighted by Crippen LogP contribution is 2.25. The Labute approximate surface area is 89.1 Å². The summed E-state index contributed by atoms with van der Waals surface area (Å²) in [5.74, 6) is -0.529. The molecule has 2 rings (SSSR count). The summed E-state index contributed by atoms with van der Waals surface area (Å²) in [6.07, 6.45) is 0.839. The van der Waals surface area contributed by atoms with E-state index in [-0.39, 0.29) is 12.0 Å². The van der Waals surface area contributed by atoms with Gasteiger partial charge in [0.1, 0.15) is 6.04 Å². The predicted molar refractivity (Wildman–Crippen MR) is 57.7 cm³/mol. The van der Waals surface area contributed by atoms with Gasteiger partial charge in [0.05, 0.1) is 0 Å². The molecule has 2 N–H and O–H groups in total. The molecule has 0 aliphatic carbocycles. The van der Waals surface area contributed by atoms with Crippen molar-refractivity contribution >= 4 is 5.97 Å². The van der Waals surface area contributed by atoms with Gasteiger partial charge in [0.15, 0.2) is 0 Å². The van der Waals surface area contributed by atoms with Crippen LogP contribution in [0.2, 0.25) is 0 Å². The molecule has 1 aliphatic rings. The lowest BCUT2D eigenvalue weighted by molar-refractivity contribution is -0.145. The van der Waals surface area contributed by atoms with Gasteiger partial charge in [0.2, 0.25) is 0 Å². The molecule has 15 heavy (non-hydrogen) atoms. The standard InChI is InChI=1S/C12H15NO2/c1-8-10(11(13-8)12(14)15)7-9-5-3-2-4-6-9/h2-6,8,10-11,13H,7H2,1H3,(H,14,15). The van der Waals surface area contributed by atoms with Crippen LogP contribution in [0.25, 0.3) is 0 Å². The molecule has 1 fully saturated rings. The van der Waals surface area contributed by atoms with Crippen LogP contribution in [0, 0.1) is 5.92 Å². The molecule has 3 atom stereocenters. The lowest BCUT2D eigenvalue weighted by Gasteiger charge is -2.42. The fraction of sp³-hybridized carbons (Fsp3) is 0.417. The van der Waals surface area contributed by atoms with Crippen LogP contribution in [0.4, 0.5) is 0 Å². The van der Waals surface area contributed by atoms with Crippen molar-refractivity contribution in [3.8, 4) is 0 Å². The van der Waals surface area contributed by atoms with E-state index in [0.29, 0.717) is 6.04 Å². The first-order chi connectivity index (χ1) is 7.18. The molecular weight excluding hydrogens is 190 g/mol. The molecule has 3 nitrogen and oxygen atoms in total. The summed E-state index contributed by atoms with van der Waals surface area (Å²) in [5.41, 5.74) is 1.21. The molecular formula is C12H15NO2. The summed E-state index contributed by atoms with van der Waals surface area (Å²) in [6.45, 7) is 2.03. The summed E-state index contributed by atoms with van der Waals surface area (Å²) in [5, 5.41) is 11.9. The Morgan fingerprint density at radius 3 is 2.60 bits per heavy atom. The maximum absolute atomic E-state index is 10.9. The third-order valence-corrected chi connectivity index (χ3v) is 3.09. The van der Waals surface area contributed by atoms with Crippen molar-refractivity contribution < 1.29 is 9.90 Å². The smallest absolute Gasteiger partial charge is 0.321 e. The average molecular weight is 205 g/mol. The first-order valence-electron chi connectivity index (χ1n) is 5.21. The fourth-order valence-corrected chi connectivity index (χ4v) is 2.14. The highest BCUT2D eigenvalue weighted by Gasteiger charge is 2.41. The van der Waals surface area contributed by atoms with Crippen LogP contribution in [0.1, 0.15) is 12.5 Å². The second kappa shape index (κ2) is 4.03. The second-order valence-electron chi connectivity index (χ2n) is 4.12. The second-order valence-corrected chi connectivity index (χ2v) is 4.12. The highest BCUT2D eigenvalue weighted by atomic mass is 16.4. The van der Waals surface area contributed by atoms with Gasteiger partial charge in [-0.05, 0) is 18.9 Å². The van der Waals surface area contributed by atoms with Crippen molar-refractivity contribution in [1.29, 1.82) is 0 Å². The van der Waals surface area contributed by atoms with Gasteiger partial charge in [-0.1, -0.05) is 30.3 Å². The lowest BCUT2D eigenvalue weighted by Crippen LogP contribution is -2.64. The van der Waals surface area contributed by atoms with Crippen molar-refractivity contribution in [3.05, 3.63) is 35.9 Å². The number of carboxylic acid groups (broad SMARTS) is 1. The van der Waals surface area contributed by atoms with E-state index in [1.54, 1.807) is 0 Å². The van der Waals surface area contributed by atoms with Crippen molar-refractivity contribution in [3.63, 3.8) is 0 Å². The number of aliphatic carboxylic acids is 1. The minimum Gasteiger partial charge on any atom is -0.480 e. The molecule has 0 saturated carbocycles. The van der Waals surface area contributed by atoms with Crippen molar-refractivity contribution in [2.45, 2.75) is 25.4 Å². The molecule has 3 heteroatoms. The molecule has 1 saturated heterocycles. The molecule has 1 aliphatic heterocycles. The van der Waals surface area contributed by atoms with Crippen LogP contribution >= 0.6 is 0 Å². The monoisotopic (exact) mass is 205 g/mol. The van der Waals surface area contributed by atoms with E-state index < -0.39 is 5.97 Å². The topological polar surface area (TPSA) is 49.3 Å². The van der Waals surface area contributed by atoms with Gasteiger partial charge >= 0.3 is 5.97 Å².